The van der Waals surface area contributed by atoms with Crippen molar-refractivity contribution < 1.29 is 14.7 Å². The Hall–Kier alpha value is -1.65. The van der Waals surface area contributed by atoms with Crippen LogP contribution in [0.1, 0.15) is 12.8 Å². The Morgan fingerprint density at radius 2 is 2.28 bits per heavy atom. The minimum absolute atomic E-state index is 0.125. The highest BCUT2D eigenvalue weighted by Crippen LogP contribution is 2.18. The highest BCUT2D eigenvalue weighted by atomic mass is 16.4. The first-order valence-corrected chi connectivity index (χ1v) is 5.74. The van der Waals surface area contributed by atoms with Crippen LogP contribution >= 0.6 is 0 Å². The molecule has 0 spiro atoms. The lowest BCUT2D eigenvalue weighted by atomic mass is 10.0. The van der Waals surface area contributed by atoms with Crippen LogP contribution in [0.25, 0.3) is 0 Å². The van der Waals surface area contributed by atoms with Crippen molar-refractivity contribution in [2.75, 3.05) is 33.2 Å². The molecule has 1 aliphatic heterocycles. The van der Waals surface area contributed by atoms with Crippen molar-refractivity contribution in [3.8, 4) is 6.07 Å². The van der Waals surface area contributed by atoms with Crippen molar-refractivity contribution in [2.45, 2.75) is 18.4 Å². The number of carbonyl (C=O) groups excluding carboxylic acids is 1. The Balaban J connectivity index is 2.44. The molecule has 1 saturated heterocycles. The molecular weight excluding hydrogens is 236 g/mol. The SMILES string of the molecule is CN(CCC#N)C(=O)CN1CCC(N)(C(=O)O)C1. The molecule has 0 radical (unpaired) electrons. The zero-order valence-corrected chi connectivity index (χ0v) is 10.4. The second kappa shape index (κ2) is 5.80. The molecule has 0 saturated carbocycles. The third-order valence-corrected chi connectivity index (χ3v) is 3.15. The van der Waals surface area contributed by atoms with E-state index in [4.69, 9.17) is 16.1 Å². The molecule has 18 heavy (non-hydrogen) atoms. The summed E-state index contributed by atoms with van der Waals surface area (Å²) < 4.78 is 0. The number of nitrogens with zero attached hydrogens (tertiary/aromatic N) is 3. The number of aliphatic carboxylic acids is 1. The third-order valence-electron chi connectivity index (χ3n) is 3.15. The van der Waals surface area contributed by atoms with E-state index < -0.39 is 11.5 Å². The van der Waals surface area contributed by atoms with Crippen LogP contribution in [0.2, 0.25) is 0 Å². The zero-order valence-electron chi connectivity index (χ0n) is 10.4. The van der Waals surface area contributed by atoms with E-state index in [0.29, 0.717) is 19.5 Å². The summed E-state index contributed by atoms with van der Waals surface area (Å²) in [6.45, 7) is 1.21. The fraction of sp³-hybridized carbons (Fsp3) is 0.727. The number of carboxylic acid groups (broad SMARTS) is 1. The summed E-state index contributed by atoms with van der Waals surface area (Å²) in [7, 11) is 1.63. The standard InChI is InChI=1S/C11H18N4O3/c1-14(5-2-4-12)9(16)7-15-6-3-11(13,8-15)10(17)18/h2-3,5-8,13H2,1H3,(H,17,18). The van der Waals surface area contributed by atoms with Gasteiger partial charge in [-0.15, -0.1) is 0 Å². The van der Waals surface area contributed by atoms with E-state index in [-0.39, 0.29) is 25.4 Å². The molecule has 0 aliphatic carbocycles. The second-order valence-electron chi connectivity index (χ2n) is 4.65. The summed E-state index contributed by atoms with van der Waals surface area (Å²) in [6, 6.07) is 1.97. The summed E-state index contributed by atoms with van der Waals surface area (Å²) >= 11 is 0. The van der Waals surface area contributed by atoms with Crippen LogP contribution in [-0.2, 0) is 9.59 Å². The normalized spacial score (nSPS) is 23.6. The molecule has 1 heterocycles. The average Bonchev–Trinajstić information content (AvgIpc) is 2.69. The van der Waals surface area contributed by atoms with Gasteiger partial charge in [-0.1, -0.05) is 0 Å². The molecule has 1 atom stereocenters. The largest absolute Gasteiger partial charge is 0.480 e. The maximum atomic E-state index is 11.8. The first-order valence-electron chi connectivity index (χ1n) is 5.74. The lowest BCUT2D eigenvalue weighted by Crippen LogP contribution is -2.50. The number of nitrogens with two attached hydrogens (primary N) is 1. The molecule has 7 nitrogen and oxygen atoms in total. The molecule has 1 aliphatic rings. The third kappa shape index (κ3) is 3.42. The number of carboxylic acids is 1. The first-order chi connectivity index (χ1) is 8.39. The maximum absolute atomic E-state index is 11.8. The van der Waals surface area contributed by atoms with Crippen LogP contribution < -0.4 is 5.73 Å². The van der Waals surface area contributed by atoms with Crippen molar-refractivity contribution >= 4 is 11.9 Å². The number of rotatable bonds is 5. The molecule has 0 bridgehead atoms. The number of likely N-dealkylation sites (N-methyl/N-ethyl adjacent to an activating group) is 1. The van der Waals surface area contributed by atoms with E-state index in [2.05, 4.69) is 0 Å². The first kappa shape index (κ1) is 14.4. The lowest BCUT2D eigenvalue weighted by Gasteiger charge is -2.22. The molecule has 1 fully saturated rings. The molecule has 100 valence electrons. The molecule has 0 aromatic heterocycles. The Labute approximate surface area is 106 Å². The predicted molar refractivity (Wildman–Crippen MR) is 63.5 cm³/mol. The molecule has 0 aromatic rings. The summed E-state index contributed by atoms with van der Waals surface area (Å²) in [5, 5.41) is 17.4. The van der Waals surface area contributed by atoms with Gasteiger partial charge in [-0.05, 0) is 6.42 Å². The van der Waals surface area contributed by atoms with Crippen molar-refractivity contribution in [1.82, 2.24) is 9.80 Å². The lowest BCUT2D eigenvalue weighted by molar-refractivity contribution is -0.143. The van der Waals surface area contributed by atoms with Crippen LogP contribution in [0.4, 0.5) is 0 Å². The minimum atomic E-state index is -1.24. The Morgan fingerprint density at radius 3 is 2.78 bits per heavy atom. The van der Waals surface area contributed by atoms with E-state index in [1.807, 2.05) is 6.07 Å². The van der Waals surface area contributed by atoms with Gasteiger partial charge in [-0.25, -0.2) is 0 Å². The molecule has 7 heteroatoms. The van der Waals surface area contributed by atoms with E-state index in [1.165, 1.54) is 4.90 Å². The van der Waals surface area contributed by atoms with Crippen LogP contribution in [0.15, 0.2) is 0 Å². The fourth-order valence-electron chi connectivity index (χ4n) is 1.88. The molecule has 1 amide bonds. The van der Waals surface area contributed by atoms with Crippen LogP contribution in [0.5, 0.6) is 0 Å². The van der Waals surface area contributed by atoms with Crippen LogP contribution in [-0.4, -0.2) is 65.5 Å². The summed E-state index contributed by atoms with van der Waals surface area (Å²) in [5.74, 6) is -1.16. The number of hydrogen-bond acceptors (Lipinski definition) is 5. The summed E-state index contributed by atoms with van der Waals surface area (Å²) in [5.41, 5.74) is 4.47. The molecule has 1 unspecified atom stereocenters. The molecule has 1 rings (SSSR count). The van der Waals surface area contributed by atoms with Crippen LogP contribution in [0, 0.1) is 11.3 Å². The van der Waals surface area contributed by atoms with Gasteiger partial charge in [-0.2, -0.15) is 5.26 Å². The van der Waals surface area contributed by atoms with Gasteiger partial charge in [0.05, 0.1) is 19.0 Å². The minimum Gasteiger partial charge on any atom is -0.480 e. The van der Waals surface area contributed by atoms with E-state index >= 15 is 0 Å². The summed E-state index contributed by atoms with van der Waals surface area (Å²) in [4.78, 5) is 25.9. The van der Waals surface area contributed by atoms with E-state index in [9.17, 15) is 9.59 Å². The van der Waals surface area contributed by atoms with E-state index in [0.717, 1.165) is 0 Å². The summed E-state index contributed by atoms with van der Waals surface area (Å²) in [6.07, 6.45) is 0.635. The van der Waals surface area contributed by atoms with Gasteiger partial charge in [0.2, 0.25) is 5.91 Å². The Bertz CT molecular complexity index is 379. The fourth-order valence-corrected chi connectivity index (χ4v) is 1.88. The van der Waals surface area contributed by atoms with Gasteiger partial charge in [0.1, 0.15) is 5.54 Å². The van der Waals surface area contributed by atoms with Gasteiger partial charge in [0.25, 0.3) is 0 Å². The van der Waals surface area contributed by atoms with Gasteiger partial charge in [0, 0.05) is 26.7 Å². The number of likely N-dealkylation sites (tertiary alicyclic amines) is 1. The quantitative estimate of drug-likeness (QED) is 0.640. The monoisotopic (exact) mass is 254 g/mol. The predicted octanol–water partition coefficient (Wildman–Crippen LogP) is -1.15. The van der Waals surface area contributed by atoms with Gasteiger partial charge in [0.15, 0.2) is 0 Å². The highest BCUT2D eigenvalue weighted by Gasteiger charge is 2.41. The number of nitriles is 1. The molecule has 0 aromatic carbocycles. The smallest absolute Gasteiger partial charge is 0.325 e. The topological polar surface area (TPSA) is 111 Å². The van der Waals surface area contributed by atoms with Crippen LogP contribution in [0.3, 0.4) is 0 Å². The van der Waals surface area contributed by atoms with Crippen molar-refractivity contribution in [2.24, 2.45) is 5.73 Å². The van der Waals surface area contributed by atoms with Gasteiger partial charge >= 0.3 is 5.97 Å². The van der Waals surface area contributed by atoms with Crippen molar-refractivity contribution in [3.05, 3.63) is 0 Å². The second-order valence-corrected chi connectivity index (χ2v) is 4.65. The Morgan fingerprint density at radius 1 is 1.61 bits per heavy atom. The van der Waals surface area contributed by atoms with Crippen molar-refractivity contribution in [3.63, 3.8) is 0 Å². The molecular formula is C11H18N4O3. The number of amides is 1. The van der Waals surface area contributed by atoms with Gasteiger partial charge in [-0.3, -0.25) is 14.5 Å². The Kier molecular flexibility index (Phi) is 4.64. The van der Waals surface area contributed by atoms with Crippen molar-refractivity contribution in [1.29, 1.82) is 5.26 Å². The van der Waals surface area contributed by atoms with Gasteiger partial charge < -0.3 is 15.7 Å². The average molecular weight is 254 g/mol. The number of hydrogen-bond donors (Lipinski definition) is 2. The molecule has 3 N–H and O–H groups in total. The van der Waals surface area contributed by atoms with E-state index in [1.54, 1.807) is 11.9 Å². The maximum Gasteiger partial charge on any atom is 0.325 e. The zero-order chi connectivity index (χ0) is 13.8. The number of carbonyl (C=O) groups is 2. The highest BCUT2D eigenvalue weighted by molar-refractivity contribution is 5.80.